The molecule has 4 aromatic rings. The number of imidazole rings is 1. The van der Waals surface area contributed by atoms with Gasteiger partial charge in [0, 0.05) is 18.7 Å². The van der Waals surface area contributed by atoms with Crippen LogP contribution in [0.2, 0.25) is 0 Å². The summed E-state index contributed by atoms with van der Waals surface area (Å²) in [5, 5.41) is 13.9. The van der Waals surface area contributed by atoms with E-state index in [0.717, 1.165) is 46.6 Å². The monoisotopic (exact) mass is 411 g/mol. The van der Waals surface area contributed by atoms with Gasteiger partial charge in [-0.05, 0) is 42.9 Å². The summed E-state index contributed by atoms with van der Waals surface area (Å²) >= 11 is 1.66. The van der Waals surface area contributed by atoms with Crippen molar-refractivity contribution in [3.8, 4) is 0 Å². The fourth-order valence-electron chi connectivity index (χ4n) is 4.13. The van der Waals surface area contributed by atoms with Crippen LogP contribution < -0.4 is 5.32 Å². The molecule has 29 heavy (non-hydrogen) atoms. The highest BCUT2D eigenvalue weighted by molar-refractivity contribution is 7.22. The number of aliphatic hydroxyl groups excluding tert-OH is 1. The molecule has 3 aromatic heterocycles. The van der Waals surface area contributed by atoms with Crippen molar-refractivity contribution in [2.75, 3.05) is 11.9 Å². The average molecular weight is 412 g/mol. The molecule has 2 unspecified atom stereocenters. The number of benzene rings is 1. The highest BCUT2D eigenvalue weighted by Crippen LogP contribution is 2.31. The second-order valence-corrected chi connectivity index (χ2v) is 8.78. The van der Waals surface area contributed by atoms with E-state index in [1.54, 1.807) is 17.7 Å². The van der Waals surface area contributed by atoms with Crippen LogP contribution in [-0.2, 0) is 6.54 Å². The summed E-state index contributed by atoms with van der Waals surface area (Å²) in [6.07, 6.45) is 7.30. The lowest BCUT2D eigenvalue weighted by atomic mass is 9.86. The molecular formula is C21H22FN5OS. The zero-order chi connectivity index (χ0) is 19.8. The number of anilines is 1. The summed E-state index contributed by atoms with van der Waals surface area (Å²) in [7, 11) is 0. The molecule has 2 atom stereocenters. The Hall–Kier alpha value is -2.58. The second-order valence-electron chi connectivity index (χ2n) is 7.75. The van der Waals surface area contributed by atoms with Gasteiger partial charge in [0.15, 0.2) is 10.8 Å². The minimum atomic E-state index is -0.378. The first-order valence-corrected chi connectivity index (χ1v) is 10.7. The minimum Gasteiger partial charge on any atom is -0.396 e. The molecule has 5 rings (SSSR count). The van der Waals surface area contributed by atoms with Gasteiger partial charge >= 0.3 is 0 Å². The number of aliphatic hydroxyl groups is 1. The molecule has 0 aliphatic heterocycles. The first kappa shape index (κ1) is 18.4. The van der Waals surface area contributed by atoms with Gasteiger partial charge in [0.2, 0.25) is 0 Å². The maximum absolute atomic E-state index is 13.3. The van der Waals surface area contributed by atoms with Crippen LogP contribution in [0.3, 0.4) is 0 Å². The molecule has 0 spiro atoms. The Morgan fingerprint density at radius 2 is 2.14 bits per heavy atom. The van der Waals surface area contributed by atoms with Crippen molar-refractivity contribution in [2.45, 2.75) is 38.3 Å². The molecule has 1 fully saturated rings. The molecule has 6 nitrogen and oxygen atoms in total. The zero-order valence-electron chi connectivity index (χ0n) is 15.9. The third-order valence-electron chi connectivity index (χ3n) is 5.60. The SMILES string of the molecule is OCC1CCCC(Nc2nc3ccc(Cn4cnc5cc(F)cnc54)cc3s2)C1. The van der Waals surface area contributed by atoms with E-state index in [-0.39, 0.29) is 12.4 Å². The van der Waals surface area contributed by atoms with E-state index in [4.69, 9.17) is 4.98 Å². The fourth-order valence-corrected chi connectivity index (χ4v) is 5.13. The molecule has 0 saturated heterocycles. The van der Waals surface area contributed by atoms with Gasteiger partial charge in [-0.3, -0.25) is 0 Å². The molecule has 1 aromatic carbocycles. The third-order valence-corrected chi connectivity index (χ3v) is 6.55. The first-order chi connectivity index (χ1) is 14.2. The average Bonchev–Trinajstić information content (AvgIpc) is 3.31. The topological polar surface area (TPSA) is 75.9 Å². The standard InChI is InChI=1S/C21H22FN5OS/c22-15-8-18-20(23-9-15)27(12-24-18)10-13-4-5-17-19(7-13)29-21(26-17)25-16-3-1-2-14(6-16)11-28/h4-5,7-9,12,14,16,28H,1-3,6,10-11H2,(H,25,26). The zero-order valence-corrected chi connectivity index (χ0v) is 16.7. The Bertz CT molecular complexity index is 1160. The summed E-state index contributed by atoms with van der Waals surface area (Å²) in [5.41, 5.74) is 3.33. The van der Waals surface area contributed by atoms with E-state index in [2.05, 4.69) is 27.4 Å². The number of thiazole rings is 1. The number of nitrogens with one attached hydrogen (secondary N) is 1. The number of aromatic nitrogens is 4. The van der Waals surface area contributed by atoms with E-state index < -0.39 is 0 Å². The van der Waals surface area contributed by atoms with Crippen LogP contribution in [0.5, 0.6) is 0 Å². The number of hydrogen-bond donors (Lipinski definition) is 2. The Kier molecular flexibility index (Phi) is 4.89. The van der Waals surface area contributed by atoms with Gasteiger partial charge in [-0.25, -0.2) is 19.3 Å². The summed E-state index contributed by atoms with van der Waals surface area (Å²) in [6, 6.07) is 8.02. The van der Waals surface area contributed by atoms with Gasteiger partial charge in [0.25, 0.3) is 0 Å². The fraction of sp³-hybridized carbons (Fsp3) is 0.381. The number of rotatable bonds is 5. The van der Waals surface area contributed by atoms with E-state index in [1.165, 1.54) is 12.3 Å². The van der Waals surface area contributed by atoms with Crippen LogP contribution in [0.1, 0.15) is 31.2 Å². The van der Waals surface area contributed by atoms with E-state index >= 15 is 0 Å². The molecule has 150 valence electrons. The van der Waals surface area contributed by atoms with Crippen molar-refractivity contribution in [3.05, 3.63) is 48.2 Å². The van der Waals surface area contributed by atoms with Crippen molar-refractivity contribution in [3.63, 3.8) is 0 Å². The number of fused-ring (bicyclic) bond motifs is 2. The summed E-state index contributed by atoms with van der Waals surface area (Å²) in [6.45, 7) is 0.887. The van der Waals surface area contributed by atoms with Crippen molar-refractivity contribution in [1.29, 1.82) is 0 Å². The minimum absolute atomic E-state index is 0.270. The molecule has 2 N–H and O–H groups in total. The van der Waals surface area contributed by atoms with Crippen LogP contribution in [-0.4, -0.2) is 37.3 Å². The van der Waals surface area contributed by atoms with Gasteiger partial charge in [0.05, 0.1) is 29.3 Å². The smallest absolute Gasteiger partial charge is 0.184 e. The number of halogens is 1. The maximum atomic E-state index is 13.3. The van der Waals surface area contributed by atoms with Crippen molar-refractivity contribution < 1.29 is 9.50 Å². The van der Waals surface area contributed by atoms with Gasteiger partial charge in [-0.1, -0.05) is 23.8 Å². The molecule has 1 saturated carbocycles. The summed E-state index contributed by atoms with van der Waals surface area (Å²) < 4.78 is 16.4. The van der Waals surface area contributed by atoms with Crippen LogP contribution in [0, 0.1) is 11.7 Å². The van der Waals surface area contributed by atoms with Crippen LogP contribution >= 0.6 is 11.3 Å². The van der Waals surface area contributed by atoms with E-state index in [9.17, 15) is 9.50 Å². The molecule has 1 aliphatic carbocycles. The van der Waals surface area contributed by atoms with Crippen LogP contribution in [0.15, 0.2) is 36.8 Å². The highest BCUT2D eigenvalue weighted by atomic mass is 32.1. The van der Waals surface area contributed by atoms with Crippen molar-refractivity contribution in [2.24, 2.45) is 5.92 Å². The molecular weight excluding hydrogens is 389 g/mol. The van der Waals surface area contributed by atoms with Gasteiger partial charge in [-0.2, -0.15) is 0 Å². The maximum Gasteiger partial charge on any atom is 0.184 e. The van der Waals surface area contributed by atoms with Crippen molar-refractivity contribution in [1.82, 2.24) is 19.5 Å². The van der Waals surface area contributed by atoms with Crippen LogP contribution in [0.4, 0.5) is 9.52 Å². The molecule has 0 amide bonds. The predicted octanol–water partition coefficient (Wildman–Crippen LogP) is 4.19. The molecule has 1 aliphatic rings. The highest BCUT2D eigenvalue weighted by Gasteiger charge is 2.22. The van der Waals surface area contributed by atoms with E-state index in [0.29, 0.717) is 29.7 Å². The Morgan fingerprint density at radius 3 is 3.03 bits per heavy atom. The number of hydrogen-bond acceptors (Lipinski definition) is 6. The lowest BCUT2D eigenvalue weighted by Gasteiger charge is -2.28. The number of nitrogens with zero attached hydrogens (tertiary/aromatic N) is 4. The van der Waals surface area contributed by atoms with Crippen LogP contribution in [0.25, 0.3) is 21.4 Å². The first-order valence-electron chi connectivity index (χ1n) is 9.91. The Balaban J connectivity index is 1.35. The van der Waals surface area contributed by atoms with Gasteiger partial charge in [-0.15, -0.1) is 0 Å². The molecule has 0 bridgehead atoms. The Morgan fingerprint density at radius 1 is 1.21 bits per heavy atom. The lowest BCUT2D eigenvalue weighted by molar-refractivity contribution is 0.184. The third kappa shape index (κ3) is 3.82. The summed E-state index contributed by atoms with van der Waals surface area (Å²) in [5.74, 6) is 0.0199. The van der Waals surface area contributed by atoms with Gasteiger partial charge in [0.1, 0.15) is 11.3 Å². The van der Waals surface area contributed by atoms with Gasteiger partial charge < -0.3 is 15.0 Å². The normalized spacial score (nSPS) is 19.8. The summed E-state index contributed by atoms with van der Waals surface area (Å²) in [4.78, 5) is 13.1. The molecule has 3 heterocycles. The quantitative estimate of drug-likeness (QED) is 0.515. The second kappa shape index (κ2) is 7.68. The molecule has 8 heteroatoms. The number of pyridine rings is 1. The lowest BCUT2D eigenvalue weighted by Crippen LogP contribution is -2.28. The molecule has 0 radical (unpaired) electrons. The Labute approximate surface area is 171 Å². The predicted molar refractivity (Wildman–Crippen MR) is 113 cm³/mol. The van der Waals surface area contributed by atoms with Crippen molar-refractivity contribution >= 4 is 37.8 Å². The largest absolute Gasteiger partial charge is 0.396 e. The van der Waals surface area contributed by atoms with E-state index in [1.807, 2.05) is 10.6 Å².